The Kier molecular flexibility index (Phi) is 3.80. The second-order valence-electron chi connectivity index (χ2n) is 4.31. The summed E-state index contributed by atoms with van der Waals surface area (Å²) in [5, 5.41) is 4.47. The standard InChI is InChI=1S/C11H16BrNOS/c1-9-7-15-10(13-9)6-11(8-12)2-4-14-5-3-11/h7H,2-6,8H2,1H3. The maximum Gasteiger partial charge on any atom is 0.0933 e. The van der Waals surface area contributed by atoms with Gasteiger partial charge >= 0.3 is 0 Å². The molecule has 0 N–H and O–H groups in total. The van der Waals surface area contributed by atoms with Gasteiger partial charge in [0.25, 0.3) is 0 Å². The fourth-order valence-corrected chi connectivity index (χ4v) is 3.67. The minimum Gasteiger partial charge on any atom is -0.381 e. The number of nitrogens with zero attached hydrogens (tertiary/aromatic N) is 1. The summed E-state index contributed by atoms with van der Waals surface area (Å²) in [6, 6.07) is 0. The van der Waals surface area contributed by atoms with Crippen LogP contribution in [-0.4, -0.2) is 23.5 Å². The number of aromatic nitrogens is 1. The number of ether oxygens (including phenoxy) is 1. The van der Waals surface area contributed by atoms with E-state index >= 15 is 0 Å². The van der Waals surface area contributed by atoms with Gasteiger partial charge in [-0.25, -0.2) is 4.98 Å². The molecule has 0 spiro atoms. The van der Waals surface area contributed by atoms with Crippen molar-refractivity contribution in [3.63, 3.8) is 0 Å². The van der Waals surface area contributed by atoms with Crippen molar-refractivity contribution in [2.75, 3.05) is 18.5 Å². The highest BCUT2D eigenvalue weighted by molar-refractivity contribution is 9.09. The van der Waals surface area contributed by atoms with Crippen molar-refractivity contribution in [2.24, 2.45) is 5.41 Å². The molecule has 0 unspecified atom stereocenters. The lowest BCUT2D eigenvalue weighted by atomic mass is 9.79. The minimum atomic E-state index is 0.378. The maximum absolute atomic E-state index is 5.43. The van der Waals surface area contributed by atoms with Crippen molar-refractivity contribution in [1.82, 2.24) is 4.98 Å². The topological polar surface area (TPSA) is 22.1 Å². The highest BCUT2D eigenvalue weighted by atomic mass is 79.9. The van der Waals surface area contributed by atoms with E-state index in [0.717, 1.165) is 43.5 Å². The van der Waals surface area contributed by atoms with Crippen molar-refractivity contribution < 1.29 is 4.74 Å². The van der Waals surface area contributed by atoms with E-state index in [1.807, 2.05) is 0 Å². The van der Waals surface area contributed by atoms with E-state index in [0.29, 0.717) is 5.41 Å². The molecular formula is C11H16BrNOS. The lowest BCUT2D eigenvalue weighted by Gasteiger charge is -2.34. The Morgan fingerprint density at radius 1 is 1.53 bits per heavy atom. The van der Waals surface area contributed by atoms with Crippen LogP contribution in [0.15, 0.2) is 5.38 Å². The first-order valence-corrected chi connectivity index (χ1v) is 7.29. The van der Waals surface area contributed by atoms with Crippen molar-refractivity contribution in [3.05, 3.63) is 16.1 Å². The summed E-state index contributed by atoms with van der Waals surface area (Å²) in [5.74, 6) is 0. The van der Waals surface area contributed by atoms with Gasteiger partial charge in [-0.15, -0.1) is 11.3 Å². The lowest BCUT2D eigenvalue weighted by molar-refractivity contribution is 0.0269. The van der Waals surface area contributed by atoms with Crippen molar-refractivity contribution >= 4 is 27.3 Å². The van der Waals surface area contributed by atoms with Gasteiger partial charge in [0.05, 0.1) is 5.01 Å². The largest absolute Gasteiger partial charge is 0.381 e. The Labute approximate surface area is 103 Å². The number of aryl methyl sites for hydroxylation is 1. The molecule has 1 saturated heterocycles. The predicted molar refractivity (Wildman–Crippen MR) is 66.8 cm³/mol. The molecular weight excluding hydrogens is 274 g/mol. The van der Waals surface area contributed by atoms with Gasteiger partial charge in [-0.2, -0.15) is 0 Å². The quantitative estimate of drug-likeness (QED) is 0.798. The number of hydrogen-bond acceptors (Lipinski definition) is 3. The molecule has 15 heavy (non-hydrogen) atoms. The fraction of sp³-hybridized carbons (Fsp3) is 0.727. The highest BCUT2D eigenvalue weighted by Gasteiger charge is 2.32. The molecule has 0 aromatic carbocycles. The molecule has 1 fully saturated rings. The molecule has 0 amide bonds. The lowest BCUT2D eigenvalue weighted by Crippen LogP contribution is -2.33. The molecule has 0 aliphatic carbocycles. The SMILES string of the molecule is Cc1csc(CC2(CBr)CCOCC2)n1. The van der Waals surface area contributed by atoms with E-state index in [2.05, 4.69) is 33.2 Å². The molecule has 1 aromatic rings. The normalized spacial score (nSPS) is 20.4. The molecule has 4 heteroatoms. The molecule has 1 aromatic heterocycles. The summed E-state index contributed by atoms with van der Waals surface area (Å²) in [5.41, 5.74) is 1.52. The van der Waals surface area contributed by atoms with Crippen LogP contribution in [0.5, 0.6) is 0 Å². The monoisotopic (exact) mass is 289 g/mol. The number of rotatable bonds is 3. The van der Waals surface area contributed by atoms with Crippen LogP contribution in [0.3, 0.4) is 0 Å². The Morgan fingerprint density at radius 2 is 2.27 bits per heavy atom. The molecule has 2 rings (SSSR count). The third-order valence-electron chi connectivity index (χ3n) is 3.03. The summed E-state index contributed by atoms with van der Waals surface area (Å²) in [6.45, 7) is 3.86. The zero-order valence-electron chi connectivity index (χ0n) is 8.96. The molecule has 0 radical (unpaired) electrons. The van der Waals surface area contributed by atoms with E-state index < -0.39 is 0 Å². The molecule has 0 bridgehead atoms. The van der Waals surface area contributed by atoms with Crippen LogP contribution in [-0.2, 0) is 11.2 Å². The Morgan fingerprint density at radius 3 is 2.80 bits per heavy atom. The van der Waals surface area contributed by atoms with Crippen molar-refractivity contribution in [1.29, 1.82) is 0 Å². The van der Waals surface area contributed by atoms with Crippen LogP contribution in [0, 0.1) is 12.3 Å². The first kappa shape index (κ1) is 11.6. The zero-order chi connectivity index (χ0) is 10.7. The summed E-state index contributed by atoms with van der Waals surface area (Å²) >= 11 is 5.44. The second-order valence-corrected chi connectivity index (χ2v) is 5.81. The van der Waals surface area contributed by atoms with E-state index in [1.165, 1.54) is 5.01 Å². The fourth-order valence-electron chi connectivity index (χ4n) is 1.97. The number of halogens is 1. The summed E-state index contributed by atoms with van der Waals surface area (Å²) in [6.07, 6.45) is 3.40. The average molecular weight is 290 g/mol. The summed E-state index contributed by atoms with van der Waals surface area (Å²) < 4.78 is 5.43. The molecule has 0 saturated carbocycles. The molecule has 2 heterocycles. The van der Waals surface area contributed by atoms with Crippen LogP contribution in [0.4, 0.5) is 0 Å². The number of alkyl halides is 1. The van der Waals surface area contributed by atoms with E-state index in [4.69, 9.17) is 4.74 Å². The van der Waals surface area contributed by atoms with Gasteiger partial charge in [-0.05, 0) is 25.2 Å². The van der Waals surface area contributed by atoms with Crippen LogP contribution in [0.1, 0.15) is 23.5 Å². The van der Waals surface area contributed by atoms with Gasteiger partial charge in [0.15, 0.2) is 0 Å². The predicted octanol–water partition coefficient (Wildman–Crippen LogP) is 3.19. The van der Waals surface area contributed by atoms with Crippen LogP contribution >= 0.6 is 27.3 Å². The third kappa shape index (κ3) is 2.80. The molecule has 1 aliphatic heterocycles. The smallest absolute Gasteiger partial charge is 0.0933 e. The number of thiazole rings is 1. The van der Waals surface area contributed by atoms with Gasteiger partial charge in [-0.3, -0.25) is 0 Å². The Bertz CT molecular complexity index is 320. The molecule has 0 atom stereocenters. The second kappa shape index (κ2) is 4.93. The highest BCUT2D eigenvalue weighted by Crippen LogP contribution is 2.36. The number of hydrogen-bond donors (Lipinski definition) is 0. The van der Waals surface area contributed by atoms with Gasteiger partial charge in [0, 0.05) is 36.0 Å². The van der Waals surface area contributed by atoms with Crippen LogP contribution in [0.25, 0.3) is 0 Å². The van der Waals surface area contributed by atoms with E-state index in [9.17, 15) is 0 Å². The van der Waals surface area contributed by atoms with Crippen LogP contribution < -0.4 is 0 Å². The molecule has 1 aliphatic rings. The van der Waals surface area contributed by atoms with Crippen LogP contribution in [0.2, 0.25) is 0 Å². The Balaban J connectivity index is 2.06. The van der Waals surface area contributed by atoms with E-state index in [1.54, 1.807) is 11.3 Å². The zero-order valence-corrected chi connectivity index (χ0v) is 11.4. The minimum absolute atomic E-state index is 0.378. The van der Waals surface area contributed by atoms with Crippen molar-refractivity contribution in [2.45, 2.75) is 26.2 Å². The Hall–Kier alpha value is 0.0700. The van der Waals surface area contributed by atoms with E-state index in [-0.39, 0.29) is 0 Å². The maximum atomic E-state index is 5.43. The van der Waals surface area contributed by atoms with Gasteiger partial charge < -0.3 is 4.74 Å². The van der Waals surface area contributed by atoms with Crippen molar-refractivity contribution in [3.8, 4) is 0 Å². The summed E-state index contributed by atoms with van der Waals surface area (Å²) in [7, 11) is 0. The van der Waals surface area contributed by atoms with Gasteiger partial charge in [0.1, 0.15) is 0 Å². The first-order valence-electron chi connectivity index (χ1n) is 5.29. The average Bonchev–Trinajstić information content (AvgIpc) is 2.65. The molecule has 2 nitrogen and oxygen atoms in total. The van der Waals surface area contributed by atoms with Gasteiger partial charge in [0.2, 0.25) is 0 Å². The third-order valence-corrected chi connectivity index (χ3v) is 5.19. The molecule has 84 valence electrons. The van der Waals surface area contributed by atoms with Gasteiger partial charge in [-0.1, -0.05) is 15.9 Å². The first-order chi connectivity index (χ1) is 7.24. The summed E-state index contributed by atoms with van der Waals surface area (Å²) in [4.78, 5) is 4.55.